The van der Waals surface area contributed by atoms with Gasteiger partial charge in [0.25, 0.3) is 0 Å². The lowest BCUT2D eigenvalue weighted by Crippen LogP contribution is -2.53. The maximum absolute atomic E-state index is 13.1. The van der Waals surface area contributed by atoms with Gasteiger partial charge in [-0.1, -0.05) is 0 Å². The minimum Gasteiger partial charge on any atom is -0.459 e. The first kappa shape index (κ1) is 35.3. The summed E-state index contributed by atoms with van der Waals surface area (Å²) in [4.78, 5) is 32.0. The maximum atomic E-state index is 13.1. The van der Waals surface area contributed by atoms with E-state index in [1.165, 1.54) is 36.7 Å². The van der Waals surface area contributed by atoms with Gasteiger partial charge >= 0.3 is 11.9 Å². The van der Waals surface area contributed by atoms with Gasteiger partial charge in [-0.25, -0.2) is 26.8 Å². The minimum atomic E-state index is -3.95. The highest BCUT2D eigenvalue weighted by atomic mass is 79.9. The second-order valence-electron chi connectivity index (χ2n) is 11.1. The van der Waals surface area contributed by atoms with Crippen molar-refractivity contribution in [1.82, 2.24) is 9.97 Å². The van der Waals surface area contributed by atoms with Gasteiger partial charge in [0.2, 0.25) is 0 Å². The molecule has 0 amide bonds. The zero-order valence-corrected chi connectivity index (χ0v) is 28.4. The van der Waals surface area contributed by atoms with E-state index in [1.807, 2.05) is 0 Å². The van der Waals surface area contributed by atoms with Crippen molar-refractivity contribution >= 4 is 63.5 Å². The molecule has 2 aromatic rings. The number of carbonyl (C=O) groups is 2. The molecular weight excluding hydrogens is 708 g/mol. The lowest BCUT2D eigenvalue weighted by molar-refractivity contribution is -0.161. The van der Waals surface area contributed by atoms with Crippen molar-refractivity contribution < 1.29 is 40.6 Å². The number of nitrogens with zero attached hydrogens (tertiary/aromatic N) is 2. The standard InChI is InChI=1S/C15H20BrNO5S.C11H14BrNO4S/c1-14(2,3)22-13(18)15(6-8-21-9-7-15)23(19,20)11-4-5-12(16)17-10-11;1-11(2,3)17-10(14)7-18(15,16)8-4-5-9(12)13-6-8/h4-5,10H,6-9H2,1-3H3;4-6H,7H2,1-3H3. The molecule has 1 fully saturated rings. The SMILES string of the molecule is CC(C)(C)OC(=O)C1(S(=O)(=O)c2ccc(Br)nc2)CCOCC1.CC(C)(C)OC(=O)CS(=O)(=O)c1ccc(Br)nc1. The van der Waals surface area contributed by atoms with E-state index in [4.69, 9.17) is 14.2 Å². The fraction of sp³-hybridized carbons (Fsp3) is 0.538. The topological polar surface area (TPSA) is 156 Å². The molecule has 41 heavy (non-hydrogen) atoms. The van der Waals surface area contributed by atoms with Crippen molar-refractivity contribution in [2.24, 2.45) is 0 Å². The van der Waals surface area contributed by atoms with Crippen LogP contribution >= 0.6 is 31.9 Å². The Labute approximate surface area is 257 Å². The molecule has 3 rings (SSSR count). The average Bonchev–Trinajstić information content (AvgIpc) is 2.82. The van der Waals surface area contributed by atoms with Gasteiger partial charge in [0.05, 0.1) is 9.79 Å². The van der Waals surface area contributed by atoms with Crippen LogP contribution in [-0.4, -0.2) is 73.7 Å². The molecule has 0 bridgehead atoms. The van der Waals surface area contributed by atoms with Crippen LogP contribution in [0.4, 0.5) is 0 Å². The van der Waals surface area contributed by atoms with Gasteiger partial charge in [-0.3, -0.25) is 9.59 Å². The van der Waals surface area contributed by atoms with E-state index in [1.54, 1.807) is 41.5 Å². The molecule has 0 aromatic carbocycles. The Morgan fingerprint density at radius 2 is 1.29 bits per heavy atom. The quantitative estimate of drug-likeness (QED) is 0.304. The van der Waals surface area contributed by atoms with Crippen molar-refractivity contribution in [3.8, 4) is 0 Å². The number of sulfone groups is 2. The molecule has 0 atom stereocenters. The number of hydrogen-bond acceptors (Lipinski definition) is 11. The Bertz CT molecular complexity index is 1430. The van der Waals surface area contributed by atoms with Crippen LogP contribution in [0, 0.1) is 0 Å². The Morgan fingerprint density at radius 1 is 0.829 bits per heavy atom. The van der Waals surface area contributed by atoms with Gasteiger partial charge in [-0.2, -0.15) is 0 Å². The first-order valence-electron chi connectivity index (χ1n) is 12.4. The number of aromatic nitrogens is 2. The second kappa shape index (κ2) is 13.6. The molecule has 15 heteroatoms. The Kier molecular flexibility index (Phi) is 11.7. The van der Waals surface area contributed by atoms with Crippen molar-refractivity contribution in [2.45, 2.75) is 80.1 Å². The van der Waals surface area contributed by atoms with Crippen LogP contribution < -0.4 is 0 Å². The van der Waals surface area contributed by atoms with E-state index >= 15 is 0 Å². The molecule has 0 radical (unpaired) electrons. The Hall–Kier alpha value is -1.94. The zero-order chi connectivity index (χ0) is 31.3. The van der Waals surface area contributed by atoms with Gasteiger partial charge in [-0.05, 0) is 97.7 Å². The maximum Gasteiger partial charge on any atom is 0.328 e. The van der Waals surface area contributed by atoms with E-state index in [0.29, 0.717) is 9.21 Å². The summed E-state index contributed by atoms with van der Waals surface area (Å²) >= 11 is 6.28. The molecule has 0 aliphatic carbocycles. The van der Waals surface area contributed by atoms with Crippen molar-refractivity contribution in [3.05, 3.63) is 45.9 Å². The monoisotopic (exact) mass is 740 g/mol. The number of pyridine rings is 2. The molecule has 0 N–H and O–H groups in total. The molecule has 11 nitrogen and oxygen atoms in total. The molecule has 0 unspecified atom stereocenters. The third-order valence-corrected chi connectivity index (χ3v) is 10.4. The van der Waals surface area contributed by atoms with Crippen LogP contribution in [0.5, 0.6) is 0 Å². The van der Waals surface area contributed by atoms with Crippen molar-refractivity contribution in [2.75, 3.05) is 19.0 Å². The van der Waals surface area contributed by atoms with Crippen LogP contribution in [0.3, 0.4) is 0 Å². The summed E-state index contributed by atoms with van der Waals surface area (Å²) in [5.74, 6) is -2.19. The number of ether oxygens (including phenoxy) is 3. The lowest BCUT2D eigenvalue weighted by Gasteiger charge is -2.36. The van der Waals surface area contributed by atoms with Crippen LogP contribution in [0.2, 0.25) is 0 Å². The summed E-state index contributed by atoms with van der Waals surface area (Å²) in [6, 6.07) is 5.86. The van der Waals surface area contributed by atoms with Gasteiger partial charge in [0, 0.05) is 38.4 Å². The molecule has 2 aromatic heterocycles. The first-order chi connectivity index (χ1) is 18.7. The highest BCUT2D eigenvalue weighted by Gasteiger charge is 2.54. The van der Waals surface area contributed by atoms with Gasteiger partial charge in [-0.15, -0.1) is 0 Å². The summed E-state index contributed by atoms with van der Waals surface area (Å²) in [6.07, 6.45) is 2.59. The number of halogens is 2. The van der Waals surface area contributed by atoms with Crippen LogP contribution in [-0.2, 0) is 43.5 Å². The predicted octanol–water partition coefficient (Wildman–Crippen LogP) is 4.47. The summed E-state index contributed by atoms with van der Waals surface area (Å²) in [5, 5.41) is 0. The third-order valence-electron chi connectivity index (χ3n) is 5.38. The van der Waals surface area contributed by atoms with E-state index in [-0.39, 0.29) is 35.8 Å². The average molecular weight is 743 g/mol. The van der Waals surface area contributed by atoms with E-state index < -0.39 is 53.3 Å². The molecule has 0 spiro atoms. The third kappa shape index (κ3) is 10.1. The van der Waals surface area contributed by atoms with Gasteiger partial charge in [0.15, 0.2) is 30.2 Å². The largest absolute Gasteiger partial charge is 0.459 e. The Morgan fingerprint density at radius 3 is 1.71 bits per heavy atom. The number of carbonyl (C=O) groups excluding carboxylic acids is 2. The summed E-state index contributed by atoms with van der Waals surface area (Å²) < 4.78 is 65.1. The summed E-state index contributed by atoms with van der Waals surface area (Å²) in [7, 11) is -7.66. The van der Waals surface area contributed by atoms with Gasteiger partial charge < -0.3 is 14.2 Å². The van der Waals surface area contributed by atoms with Crippen LogP contribution in [0.15, 0.2) is 55.7 Å². The molecular formula is C26H34Br2N2O9S2. The lowest BCUT2D eigenvalue weighted by atomic mass is 9.99. The fourth-order valence-electron chi connectivity index (χ4n) is 3.56. The molecule has 1 aliphatic rings. The second-order valence-corrected chi connectivity index (χ2v) is 17.0. The first-order valence-corrected chi connectivity index (χ1v) is 17.1. The number of hydrogen-bond donors (Lipinski definition) is 0. The van der Waals surface area contributed by atoms with E-state index in [9.17, 15) is 26.4 Å². The minimum absolute atomic E-state index is 0.00319. The zero-order valence-electron chi connectivity index (χ0n) is 23.6. The molecule has 228 valence electrons. The summed E-state index contributed by atoms with van der Waals surface area (Å²) in [6.45, 7) is 10.6. The van der Waals surface area contributed by atoms with Crippen molar-refractivity contribution in [1.29, 1.82) is 0 Å². The van der Waals surface area contributed by atoms with Crippen LogP contribution in [0.25, 0.3) is 0 Å². The normalized spacial score (nSPS) is 15.7. The highest BCUT2D eigenvalue weighted by Crippen LogP contribution is 2.37. The summed E-state index contributed by atoms with van der Waals surface area (Å²) in [5.41, 5.74) is -1.47. The van der Waals surface area contributed by atoms with E-state index in [0.717, 1.165) is 0 Å². The molecule has 3 heterocycles. The molecule has 1 saturated heterocycles. The molecule has 1 aliphatic heterocycles. The van der Waals surface area contributed by atoms with Gasteiger partial charge in [0.1, 0.15) is 20.4 Å². The molecule has 0 saturated carbocycles. The van der Waals surface area contributed by atoms with E-state index in [2.05, 4.69) is 41.8 Å². The van der Waals surface area contributed by atoms with Crippen molar-refractivity contribution in [3.63, 3.8) is 0 Å². The highest BCUT2D eigenvalue weighted by molar-refractivity contribution is 9.10. The Balaban J connectivity index is 0.000000296. The smallest absolute Gasteiger partial charge is 0.328 e. The number of esters is 2. The van der Waals surface area contributed by atoms with Crippen LogP contribution in [0.1, 0.15) is 54.4 Å². The number of rotatable bonds is 6. The predicted molar refractivity (Wildman–Crippen MR) is 158 cm³/mol. The fourth-order valence-corrected chi connectivity index (χ4v) is 6.91.